The van der Waals surface area contributed by atoms with Crippen LogP contribution in [0.1, 0.15) is 45.7 Å². The van der Waals surface area contributed by atoms with Crippen LogP contribution >= 0.6 is 0 Å². The molecule has 0 fully saturated rings. The van der Waals surface area contributed by atoms with Gasteiger partial charge in [0, 0.05) is 11.1 Å². The van der Waals surface area contributed by atoms with Gasteiger partial charge in [0.1, 0.15) is 12.3 Å². The summed E-state index contributed by atoms with van der Waals surface area (Å²) in [4.78, 5) is 36.5. The number of aryl methyl sites for hydroxylation is 2. The van der Waals surface area contributed by atoms with Gasteiger partial charge in [-0.05, 0) is 75.2 Å². The molecule has 28 heavy (non-hydrogen) atoms. The number of amides is 1. The molecule has 2 aromatic rings. The van der Waals surface area contributed by atoms with Crippen LogP contribution in [0.15, 0.2) is 42.5 Å². The second kappa shape index (κ2) is 9.69. The van der Waals surface area contributed by atoms with Gasteiger partial charge in [-0.15, -0.1) is 0 Å². The second-order valence-corrected chi connectivity index (χ2v) is 6.44. The van der Waals surface area contributed by atoms with Crippen LogP contribution in [0.25, 0.3) is 0 Å². The molecule has 148 valence electrons. The molecule has 0 aliphatic heterocycles. The topological polar surface area (TPSA) is 81.7 Å². The summed E-state index contributed by atoms with van der Waals surface area (Å²) >= 11 is 0. The van der Waals surface area contributed by atoms with E-state index >= 15 is 0 Å². The minimum atomic E-state index is -0.955. The molecule has 0 aromatic heterocycles. The fourth-order valence-corrected chi connectivity index (χ4v) is 2.55. The van der Waals surface area contributed by atoms with Crippen molar-refractivity contribution in [3.8, 4) is 5.75 Å². The zero-order valence-corrected chi connectivity index (χ0v) is 16.6. The number of carbonyl (C=O) groups is 3. The van der Waals surface area contributed by atoms with Crippen LogP contribution in [0.4, 0.5) is 0 Å². The first-order chi connectivity index (χ1) is 13.3. The van der Waals surface area contributed by atoms with Gasteiger partial charge in [-0.1, -0.05) is 6.07 Å². The van der Waals surface area contributed by atoms with Crippen molar-refractivity contribution in [1.29, 1.82) is 0 Å². The van der Waals surface area contributed by atoms with Gasteiger partial charge in [-0.3, -0.25) is 14.4 Å². The molecule has 0 radical (unpaired) electrons. The molecule has 0 spiro atoms. The first-order valence-corrected chi connectivity index (χ1v) is 9.13. The van der Waals surface area contributed by atoms with Crippen LogP contribution in [-0.2, 0) is 9.53 Å². The predicted molar refractivity (Wildman–Crippen MR) is 106 cm³/mol. The van der Waals surface area contributed by atoms with Gasteiger partial charge in [0.15, 0.2) is 6.10 Å². The fraction of sp³-hybridized carbons (Fsp3) is 0.318. The summed E-state index contributed by atoms with van der Waals surface area (Å²) in [6, 6.07) is 11.9. The van der Waals surface area contributed by atoms with E-state index in [4.69, 9.17) is 9.47 Å². The molecular weight excluding hydrogens is 358 g/mol. The Morgan fingerprint density at radius 3 is 2.21 bits per heavy atom. The first-order valence-electron chi connectivity index (χ1n) is 9.13. The van der Waals surface area contributed by atoms with Crippen LogP contribution < -0.4 is 10.1 Å². The van der Waals surface area contributed by atoms with E-state index in [0.717, 1.165) is 11.1 Å². The molecule has 0 unspecified atom stereocenters. The highest BCUT2D eigenvalue weighted by Crippen LogP contribution is 2.14. The quantitative estimate of drug-likeness (QED) is 0.559. The molecule has 0 heterocycles. The molecule has 2 rings (SSSR count). The normalized spacial score (nSPS) is 11.4. The Bertz CT molecular complexity index is 858. The average Bonchev–Trinajstić information content (AvgIpc) is 2.68. The maximum atomic E-state index is 12.4. The van der Waals surface area contributed by atoms with Gasteiger partial charge >= 0.3 is 5.97 Å². The summed E-state index contributed by atoms with van der Waals surface area (Å²) in [5.74, 6) is -0.704. The number of ether oxygens (including phenoxy) is 2. The highest BCUT2D eigenvalue weighted by Gasteiger charge is 2.20. The molecule has 0 saturated heterocycles. The molecule has 1 atom stereocenters. The molecule has 1 N–H and O–H groups in total. The third-order valence-electron chi connectivity index (χ3n) is 4.29. The number of carbonyl (C=O) groups excluding carboxylic acids is 3. The maximum absolute atomic E-state index is 12.4. The van der Waals surface area contributed by atoms with Crippen LogP contribution in [0.2, 0.25) is 0 Å². The lowest BCUT2D eigenvalue weighted by molar-refractivity contribution is -0.145. The molecule has 0 aliphatic carbocycles. The largest absolute Gasteiger partial charge is 0.494 e. The molecule has 6 heteroatoms. The number of Topliss-reactive ketones (excluding diaryl/α,β-unsaturated/α-hetero) is 1. The standard InChI is InChI=1S/C22H25NO5/c1-5-27-19-10-8-17(9-11-19)21(25)16(4)28-20(24)13-23-22(26)18-7-6-14(2)15(3)12-18/h6-12,16H,5,13H2,1-4H3,(H,23,26)/t16-/m1/s1. The lowest BCUT2D eigenvalue weighted by Gasteiger charge is -2.13. The van der Waals surface area contributed by atoms with E-state index in [9.17, 15) is 14.4 Å². The van der Waals surface area contributed by atoms with Gasteiger partial charge in [0.2, 0.25) is 5.78 Å². The molecular formula is C22H25NO5. The lowest BCUT2D eigenvalue weighted by Crippen LogP contribution is -2.34. The Balaban J connectivity index is 1.86. The Morgan fingerprint density at radius 2 is 1.61 bits per heavy atom. The lowest BCUT2D eigenvalue weighted by atomic mass is 10.1. The average molecular weight is 383 g/mol. The summed E-state index contributed by atoms with van der Waals surface area (Å²) in [6.07, 6.45) is -0.955. The molecule has 0 bridgehead atoms. The van der Waals surface area contributed by atoms with Gasteiger partial charge in [0.25, 0.3) is 5.91 Å². The molecule has 1 amide bonds. The minimum Gasteiger partial charge on any atom is -0.494 e. The highest BCUT2D eigenvalue weighted by molar-refractivity contribution is 6.00. The SMILES string of the molecule is CCOc1ccc(C(=O)[C@@H](C)OC(=O)CNC(=O)c2ccc(C)c(C)c2)cc1. The summed E-state index contributed by atoms with van der Waals surface area (Å²) in [7, 11) is 0. The Kier molecular flexibility index (Phi) is 7.32. The van der Waals surface area contributed by atoms with Crippen molar-refractivity contribution in [3.63, 3.8) is 0 Å². The van der Waals surface area contributed by atoms with E-state index in [1.807, 2.05) is 26.8 Å². The van der Waals surface area contributed by atoms with Gasteiger partial charge in [-0.25, -0.2) is 0 Å². The van der Waals surface area contributed by atoms with E-state index < -0.39 is 12.1 Å². The number of hydrogen-bond acceptors (Lipinski definition) is 5. The highest BCUT2D eigenvalue weighted by atomic mass is 16.5. The van der Waals surface area contributed by atoms with Crippen LogP contribution in [0.5, 0.6) is 5.75 Å². The van der Waals surface area contributed by atoms with E-state index in [1.54, 1.807) is 36.4 Å². The van der Waals surface area contributed by atoms with Crippen molar-refractivity contribution in [2.45, 2.75) is 33.8 Å². The van der Waals surface area contributed by atoms with Crippen LogP contribution in [-0.4, -0.2) is 36.9 Å². The number of esters is 1. The van der Waals surface area contributed by atoms with E-state index in [1.165, 1.54) is 6.92 Å². The maximum Gasteiger partial charge on any atom is 0.326 e. The van der Waals surface area contributed by atoms with E-state index in [0.29, 0.717) is 23.5 Å². The molecule has 0 aliphatic rings. The van der Waals surface area contributed by atoms with Crippen molar-refractivity contribution in [3.05, 3.63) is 64.7 Å². The Labute approximate surface area is 164 Å². The van der Waals surface area contributed by atoms with Crippen molar-refractivity contribution in [2.75, 3.05) is 13.2 Å². The molecule has 0 saturated carbocycles. The minimum absolute atomic E-state index is 0.313. The predicted octanol–water partition coefficient (Wildman–Crippen LogP) is 3.25. The number of rotatable bonds is 8. The fourth-order valence-electron chi connectivity index (χ4n) is 2.55. The van der Waals surface area contributed by atoms with Crippen molar-refractivity contribution in [1.82, 2.24) is 5.32 Å². The third kappa shape index (κ3) is 5.67. The monoisotopic (exact) mass is 383 g/mol. The first kappa shape index (κ1) is 21.2. The van der Waals surface area contributed by atoms with Gasteiger partial charge in [-0.2, -0.15) is 0 Å². The van der Waals surface area contributed by atoms with Gasteiger partial charge < -0.3 is 14.8 Å². The number of nitrogens with one attached hydrogen (secondary N) is 1. The van der Waals surface area contributed by atoms with E-state index in [2.05, 4.69) is 5.32 Å². The third-order valence-corrected chi connectivity index (χ3v) is 4.29. The van der Waals surface area contributed by atoms with Crippen LogP contribution in [0, 0.1) is 13.8 Å². The number of benzene rings is 2. The summed E-state index contributed by atoms with van der Waals surface area (Å²) in [6.45, 7) is 7.47. The van der Waals surface area contributed by atoms with Gasteiger partial charge in [0.05, 0.1) is 6.61 Å². The summed E-state index contributed by atoms with van der Waals surface area (Å²) in [5, 5.41) is 2.51. The van der Waals surface area contributed by atoms with Crippen LogP contribution in [0.3, 0.4) is 0 Å². The van der Waals surface area contributed by atoms with Crippen molar-refractivity contribution >= 4 is 17.7 Å². The molecule has 2 aromatic carbocycles. The summed E-state index contributed by atoms with van der Waals surface area (Å²) < 4.78 is 10.5. The smallest absolute Gasteiger partial charge is 0.326 e. The Morgan fingerprint density at radius 1 is 0.964 bits per heavy atom. The van der Waals surface area contributed by atoms with Crippen molar-refractivity contribution in [2.24, 2.45) is 0 Å². The zero-order chi connectivity index (χ0) is 20.7. The van der Waals surface area contributed by atoms with Crippen molar-refractivity contribution < 1.29 is 23.9 Å². The summed E-state index contributed by atoms with van der Waals surface area (Å²) in [5.41, 5.74) is 2.96. The number of hydrogen-bond donors (Lipinski definition) is 1. The van der Waals surface area contributed by atoms with E-state index in [-0.39, 0.29) is 18.2 Å². The molecule has 6 nitrogen and oxygen atoms in total. The zero-order valence-electron chi connectivity index (χ0n) is 16.6. The Hall–Kier alpha value is -3.15. The second-order valence-electron chi connectivity index (χ2n) is 6.44. The number of ketones is 1.